The molecular formula is C20H16O8-2. The smallest absolute Gasteiger partial charge is 0.338 e. The van der Waals surface area contributed by atoms with Gasteiger partial charge in [0.05, 0.1) is 23.1 Å². The second-order valence-corrected chi connectivity index (χ2v) is 6.02. The van der Waals surface area contributed by atoms with Crippen molar-refractivity contribution in [3.63, 3.8) is 0 Å². The maximum Gasteiger partial charge on any atom is 0.338 e. The van der Waals surface area contributed by atoms with Crippen molar-refractivity contribution >= 4 is 23.9 Å². The molecule has 0 aromatic heterocycles. The summed E-state index contributed by atoms with van der Waals surface area (Å²) in [6.07, 6.45) is -4.79. The Morgan fingerprint density at radius 2 is 0.929 bits per heavy atom. The number of rotatable bonds is 7. The summed E-state index contributed by atoms with van der Waals surface area (Å²) < 4.78 is 9.44. The van der Waals surface area contributed by atoms with Crippen molar-refractivity contribution in [1.82, 2.24) is 0 Å². The van der Waals surface area contributed by atoms with Crippen molar-refractivity contribution < 1.29 is 38.9 Å². The van der Waals surface area contributed by atoms with E-state index < -0.39 is 36.1 Å². The third-order valence-corrected chi connectivity index (χ3v) is 3.78. The molecule has 0 saturated carbocycles. The lowest BCUT2D eigenvalue weighted by Gasteiger charge is -2.28. The Labute approximate surface area is 160 Å². The van der Waals surface area contributed by atoms with E-state index in [-0.39, 0.29) is 11.1 Å². The molecule has 8 heteroatoms. The predicted molar refractivity (Wildman–Crippen MR) is 90.8 cm³/mol. The van der Waals surface area contributed by atoms with Crippen LogP contribution in [0.25, 0.3) is 0 Å². The minimum Gasteiger partial charge on any atom is -0.546 e. The third-order valence-electron chi connectivity index (χ3n) is 3.78. The summed E-state index contributed by atoms with van der Waals surface area (Å²) >= 11 is 0. The second-order valence-electron chi connectivity index (χ2n) is 6.02. The highest BCUT2D eigenvalue weighted by atomic mass is 16.6. The number of hydrogen-bond acceptors (Lipinski definition) is 8. The van der Waals surface area contributed by atoms with E-state index in [9.17, 15) is 29.4 Å². The molecule has 0 aliphatic heterocycles. The van der Waals surface area contributed by atoms with Crippen molar-refractivity contribution in [2.75, 3.05) is 0 Å². The number of carbonyl (C=O) groups is 4. The summed E-state index contributed by atoms with van der Waals surface area (Å²) in [6.45, 7) is 3.55. The molecule has 0 amide bonds. The van der Waals surface area contributed by atoms with Crippen LogP contribution in [0.4, 0.5) is 0 Å². The van der Waals surface area contributed by atoms with Crippen LogP contribution in [-0.2, 0) is 19.1 Å². The maximum absolute atomic E-state index is 12.1. The molecule has 0 bridgehead atoms. The number of carboxylic acids is 2. The lowest BCUT2D eigenvalue weighted by molar-refractivity contribution is -0.332. The molecule has 0 fully saturated rings. The summed E-state index contributed by atoms with van der Waals surface area (Å²) in [6, 6.07) is 11.8. The number of ether oxygens (including phenoxy) is 2. The first-order valence-corrected chi connectivity index (χ1v) is 8.16. The van der Waals surface area contributed by atoms with Crippen molar-refractivity contribution in [2.45, 2.75) is 26.1 Å². The van der Waals surface area contributed by atoms with Crippen molar-refractivity contribution in [3.8, 4) is 0 Å². The van der Waals surface area contributed by atoms with E-state index in [2.05, 4.69) is 0 Å². The van der Waals surface area contributed by atoms with Gasteiger partial charge in [0.25, 0.3) is 0 Å². The number of aliphatic carboxylic acids is 2. The molecule has 146 valence electrons. The highest BCUT2D eigenvalue weighted by Crippen LogP contribution is 2.13. The van der Waals surface area contributed by atoms with Crippen LogP contribution < -0.4 is 10.2 Å². The van der Waals surface area contributed by atoms with E-state index in [1.807, 2.05) is 0 Å². The van der Waals surface area contributed by atoms with Crippen molar-refractivity contribution in [3.05, 3.63) is 70.8 Å². The first-order valence-electron chi connectivity index (χ1n) is 8.16. The highest BCUT2D eigenvalue weighted by Gasteiger charge is 2.32. The molecule has 0 aliphatic carbocycles. The quantitative estimate of drug-likeness (QED) is 0.587. The Bertz CT molecular complexity index is 808. The van der Waals surface area contributed by atoms with E-state index in [0.717, 1.165) is 11.1 Å². The van der Waals surface area contributed by atoms with Crippen LogP contribution in [-0.4, -0.2) is 36.1 Å². The van der Waals surface area contributed by atoms with Gasteiger partial charge >= 0.3 is 11.9 Å². The van der Waals surface area contributed by atoms with Gasteiger partial charge in [-0.05, 0) is 38.1 Å². The zero-order chi connectivity index (χ0) is 20.8. The molecule has 0 N–H and O–H groups in total. The largest absolute Gasteiger partial charge is 0.546 e. The van der Waals surface area contributed by atoms with Crippen LogP contribution in [0, 0.1) is 13.8 Å². The molecule has 2 atom stereocenters. The van der Waals surface area contributed by atoms with Gasteiger partial charge in [-0.15, -0.1) is 0 Å². The van der Waals surface area contributed by atoms with E-state index in [1.54, 1.807) is 38.1 Å². The Kier molecular flexibility index (Phi) is 6.49. The Morgan fingerprint density at radius 1 is 0.643 bits per heavy atom. The van der Waals surface area contributed by atoms with Gasteiger partial charge in [0.1, 0.15) is 0 Å². The fraction of sp³-hybridized carbons (Fsp3) is 0.200. The maximum atomic E-state index is 12.1. The monoisotopic (exact) mass is 384 g/mol. The molecule has 2 aromatic rings. The molecule has 28 heavy (non-hydrogen) atoms. The highest BCUT2D eigenvalue weighted by molar-refractivity contribution is 5.94. The predicted octanol–water partition coefficient (Wildman–Crippen LogP) is -0.446. The third kappa shape index (κ3) is 5.16. The van der Waals surface area contributed by atoms with Gasteiger partial charge in [-0.3, -0.25) is 0 Å². The molecule has 0 unspecified atom stereocenters. The molecule has 8 nitrogen and oxygen atoms in total. The van der Waals surface area contributed by atoms with E-state index in [0.29, 0.717) is 0 Å². The van der Waals surface area contributed by atoms with Crippen molar-refractivity contribution in [2.24, 2.45) is 0 Å². The second kappa shape index (κ2) is 8.81. The lowest BCUT2D eigenvalue weighted by Crippen LogP contribution is -2.55. The van der Waals surface area contributed by atoms with Crippen LogP contribution in [0.2, 0.25) is 0 Å². The average Bonchev–Trinajstić information content (AvgIpc) is 2.64. The molecule has 0 saturated heterocycles. The summed E-state index contributed by atoms with van der Waals surface area (Å²) in [5.41, 5.74) is 1.65. The van der Waals surface area contributed by atoms with Crippen LogP contribution in [0.3, 0.4) is 0 Å². The lowest BCUT2D eigenvalue weighted by atomic mass is 10.1. The van der Waals surface area contributed by atoms with Gasteiger partial charge in [-0.1, -0.05) is 35.4 Å². The molecule has 0 aliphatic rings. The summed E-state index contributed by atoms with van der Waals surface area (Å²) in [7, 11) is 0. The average molecular weight is 384 g/mol. The van der Waals surface area contributed by atoms with E-state index in [4.69, 9.17) is 9.47 Å². The number of aryl methyl sites for hydroxylation is 2. The van der Waals surface area contributed by atoms with Gasteiger partial charge in [0, 0.05) is 0 Å². The molecule has 2 rings (SSSR count). The zero-order valence-corrected chi connectivity index (χ0v) is 15.0. The van der Waals surface area contributed by atoms with Crippen LogP contribution in [0.5, 0.6) is 0 Å². The van der Waals surface area contributed by atoms with Crippen LogP contribution >= 0.6 is 0 Å². The SMILES string of the molecule is Cc1ccc(C(=O)O[C@H](C(=O)[O-])[C@H](OC(=O)c2ccc(C)cc2)C(=O)[O-])cc1. The molecule has 0 spiro atoms. The minimum atomic E-state index is -2.40. The van der Waals surface area contributed by atoms with Gasteiger partial charge in [-0.2, -0.15) is 0 Å². The summed E-state index contributed by atoms with van der Waals surface area (Å²) in [5.74, 6) is -6.34. The molecule has 0 radical (unpaired) electrons. The fourth-order valence-corrected chi connectivity index (χ4v) is 2.21. The topological polar surface area (TPSA) is 133 Å². The number of hydrogen-bond donors (Lipinski definition) is 0. The number of carbonyl (C=O) groups excluding carboxylic acids is 4. The molecule has 0 heterocycles. The van der Waals surface area contributed by atoms with Gasteiger partial charge in [-0.25, -0.2) is 9.59 Å². The van der Waals surface area contributed by atoms with Gasteiger partial charge < -0.3 is 29.3 Å². The standard InChI is InChI=1S/C20H18O8/c1-11-3-7-13(8-4-11)19(25)27-15(17(21)22)16(18(23)24)28-20(26)14-9-5-12(2)6-10-14/h3-10,15-16H,1-2H3,(H,21,22)(H,23,24)/p-2/t15-,16-/m0/s1. The minimum absolute atomic E-state index is 0.0150. The number of carboxylic acid groups (broad SMARTS) is 2. The van der Waals surface area contributed by atoms with Gasteiger partial charge in [0.15, 0.2) is 12.2 Å². The van der Waals surface area contributed by atoms with E-state index in [1.165, 1.54) is 24.3 Å². The molecular weight excluding hydrogens is 368 g/mol. The Balaban J connectivity index is 2.21. The number of esters is 2. The summed E-state index contributed by atoms with van der Waals surface area (Å²) in [5, 5.41) is 22.7. The van der Waals surface area contributed by atoms with E-state index >= 15 is 0 Å². The van der Waals surface area contributed by atoms with Crippen LogP contribution in [0.15, 0.2) is 48.5 Å². The fourth-order valence-electron chi connectivity index (χ4n) is 2.21. The Hall–Kier alpha value is -3.68. The van der Waals surface area contributed by atoms with Crippen molar-refractivity contribution in [1.29, 1.82) is 0 Å². The molecule has 2 aromatic carbocycles. The van der Waals surface area contributed by atoms with Crippen LogP contribution in [0.1, 0.15) is 31.8 Å². The zero-order valence-electron chi connectivity index (χ0n) is 15.0. The number of benzene rings is 2. The first-order chi connectivity index (χ1) is 13.2. The normalized spacial score (nSPS) is 12.5. The Morgan fingerprint density at radius 3 is 1.18 bits per heavy atom. The van der Waals surface area contributed by atoms with Gasteiger partial charge in [0.2, 0.25) is 0 Å². The summed E-state index contributed by atoms with van der Waals surface area (Å²) in [4.78, 5) is 47.0. The first kappa shape index (κ1) is 20.6.